The quantitative estimate of drug-likeness (QED) is 0.529. The number of hydrogen-bond acceptors (Lipinski definition) is 5. The Kier molecular flexibility index (Phi) is 7.93. The third kappa shape index (κ3) is 5.74. The SMILES string of the molecule is CSCC[C@@H](CO)NC(=O)CC[C@H]1NC(=O)N(Cc2ccccc2)C1=O. The second kappa shape index (κ2) is 10.2. The van der Waals surface area contributed by atoms with Gasteiger partial charge in [0, 0.05) is 6.42 Å². The highest BCUT2D eigenvalue weighted by Crippen LogP contribution is 2.15. The number of amides is 4. The first kappa shape index (κ1) is 20.3. The predicted molar refractivity (Wildman–Crippen MR) is 101 cm³/mol. The first-order valence-electron chi connectivity index (χ1n) is 8.60. The Morgan fingerprint density at radius 1 is 1.35 bits per heavy atom. The lowest BCUT2D eigenvalue weighted by molar-refractivity contribution is -0.128. The minimum absolute atomic E-state index is 0.115. The molecule has 0 aromatic heterocycles. The molecule has 1 aliphatic rings. The van der Waals surface area contributed by atoms with Crippen molar-refractivity contribution in [1.82, 2.24) is 15.5 Å². The summed E-state index contributed by atoms with van der Waals surface area (Å²) in [7, 11) is 0. The van der Waals surface area contributed by atoms with Crippen molar-refractivity contribution in [1.29, 1.82) is 0 Å². The molecule has 4 amide bonds. The zero-order chi connectivity index (χ0) is 18.9. The molecule has 7 nitrogen and oxygen atoms in total. The molecule has 0 bridgehead atoms. The van der Waals surface area contributed by atoms with Gasteiger partial charge in [-0.3, -0.25) is 14.5 Å². The first-order valence-corrected chi connectivity index (χ1v) is 9.99. The van der Waals surface area contributed by atoms with Gasteiger partial charge in [0.05, 0.1) is 19.2 Å². The average Bonchev–Trinajstić information content (AvgIpc) is 2.91. The molecule has 0 unspecified atom stereocenters. The normalized spacial score (nSPS) is 17.9. The summed E-state index contributed by atoms with van der Waals surface area (Å²) in [5.41, 5.74) is 0.869. The maximum atomic E-state index is 12.4. The van der Waals surface area contributed by atoms with Crippen LogP contribution in [0.25, 0.3) is 0 Å². The molecule has 0 saturated carbocycles. The molecule has 0 spiro atoms. The highest BCUT2D eigenvalue weighted by molar-refractivity contribution is 7.98. The zero-order valence-corrected chi connectivity index (χ0v) is 15.6. The van der Waals surface area contributed by atoms with Crippen molar-refractivity contribution in [2.75, 3.05) is 18.6 Å². The van der Waals surface area contributed by atoms with Gasteiger partial charge in [-0.1, -0.05) is 30.3 Å². The number of aliphatic hydroxyl groups excluding tert-OH is 1. The lowest BCUT2D eigenvalue weighted by Crippen LogP contribution is -2.39. The van der Waals surface area contributed by atoms with Gasteiger partial charge in [-0.15, -0.1) is 0 Å². The second-order valence-electron chi connectivity index (χ2n) is 6.18. The predicted octanol–water partition coefficient (Wildman–Crippen LogP) is 1.12. The monoisotopic (exact) mass is 379 g/mol. The van der Waals surface area contributed by atoms with Gasteiger partial charge in [0.1, 0.15) is 6.04 Å². The molecule has 1 aliphatic heterocycles. The average molecular weight is 379 g/mol. The van der Waals surface area contributed by atoms with E-state index >= 15 is 0 Å². The smallest absolute Gasteiger partial charge is 0.325 e. The van der Waals surface area contributed by atoms with Gasteiger partial charge in [-0.25, -0.2) is 4.79 Å². The number of benzene rings is 1. The summed E-state index contributed by atoms with van der Waals surface area (Å²) in [5.74, 6) is 0.304. The highest BCUT2D eigenvalue weighted by Gasteiger charge is 2.37. The van der Waals surface area contributed by atoms with Crippen molar-refractivity contribution in [2.45, 2.75) is 37.9 Å². The Morgan fingerprint density at radius 2 is 2.08 bits per heavy atom. The first-order chi connectivity index (χ1) is 12.5. The molecule has 142 valence electrons. The molecule has 8 heteroatoms. The summed E-state index contributed by atoms with van der Waals surface area (Å²) in [5, 5.41) is 14.7. The summed E-state index contributed by atoms with van der Waals surface area (Å²) >= 11 is 1.65. The fraction of sp³-hybridized carbons (Fsp3) is 0.500. The third-order valence-electron chi connectivity index (χ3n) is 4.21. The standard InChI is InChI=1S/C18H25N3O4S/c1-26-10-9-14(12-22)19-16(23)8-7-15-17(24)21(18(25)20-15)11-13-5-3-2-4-6-13/h2-6,14-15,22H,7-12H2,1H3,(H,19,23)(H,20,25)/t14-,15+/m0/s1. The molecule has 1 aromatic carbocycles. The van der Waals surface area contributed by atoms with E-state index in [2.05, 4.69) is 10.6 Å². The lowest BCUT2D eigenvalue weighted by atomic mass is 10.1. The van der Waals surface area contributed by atoms with Gasteiger partial charge in [0.2, 0.25) is 5.91 Å². The van der Waals surface area contributed by atoms with Gasteiger partial charge < -0.3 is 15.7 Å². The molecule has 1 heterocycles. The van der Waals surface area contributed by atoms with Gasteiger partial charge in [0.15, 0.2) is 0 Å². The maximum Gasteiger partial charge on any atom is 0.325 e. The van der Waals surface area contributed by atoms with E-state index in [0.29, 0.717) is 6.42 Å². The molecule has 1 aromatic rings. The molecular weight excluding hydrogens is 354 g/mol. The molecule has 1 saturated heterocycles. The molecule has 3 N–H and O–H groups in total. The maximum absolute atomic E-state index is 12.4. The number of nitrogens with one attached hydrogen (secondary N) is 2. The summed E-state index contributed by atoms with van der Waals surface area (Å²) in [6.07, 6.45) is 3.01. The molecule has 1 fully saturated rings. The molecule has 26 heavy (non-hydrogen) atoms. The highest BCUT2D eigenvalue weighted by atomic mass is 32.2. The van der Waals surface area contributed by atoms with E-state index in [4.69, 9.17) is 0 Å². The Bertz CT molecular complexity index is 626. The number of aliphatic hydroxyl groups is 1. The van der Waals surface area contributed by atoms with Crippen molar-refractivity contribution in [2.24, 2.45) is 0 Å². The molecule has 2 rings (SSSR count). The van der Waals surface area contributed by atoms with Crippen molar-refractivity contribution in [3.63, 3.8) is 0 Å². The van der Waals surface area contributed by atoms with Crippen LogP contribution in [0.4, 0.5) is 4.79 Å². The van der Waals surface area contributed by atoms with Crippen LogP contribution < -0.4 is 10.6 Å². The van der Waals surface area contributed by atoms with Gasteiger partial charge in [-0.05, 0) is 30.4 Å². The molecule has 2 atom stereocenters. The number of thioether (sulfide) groups is 1. The van der Waals surface area contributed by atoms with E-state index < -0.39 is 12.1 Å². The second-order valence-corrected chi connectivity index (χ2v) is 7.16. The van der Waals surface area contributed by atoms with Crippen molar-refractivity contribution in [3.8, 4) is 0 Å². The van der Waals surface area contributed by atoms with Crippen LogP contribution in [0.15, 0.2) is 30.3 Å². The summed E-state index contributed by atoms with van der Waals surface area (Å²) in [6.45, 7) is 0.103. The van der Waals surface area contributed by atoms with Crippen LogP contribution in [-0.4, -0.2) is 58.6 Å². The molecular formula is C18H25N3O4S. The molecule has 0 radical (unpaired) electrons. The zero-order valence-electron chi connectivity index (χ0n) is 14.8. The summed E-state index contributed by atoms with van der Waals surface area (Å²) in [6, 6.07) is 7.88. The van der Waals surface area contributed by atoms with Gasteiger partial charge >= 0.3 is 6.03 Å². The van der Waals surface area contributed by atoms with E-state index in [1.807, 2.05) is 36.6 Å². The van der Waals surface area contributed by atoms with Crippen molar-refractivity contribution in [3.05, 3.63) is 35.9 Å². The van der Waals surface area contributed by atoms with E-state index in [1.54, 1.807) is 11.8 Å². The largest absolute Gasteiger partial charge is 0.394 e. The number of hydrogen-bond donors (Lipinski definition) is 3. The Labute approximate surface area is 157 Å². The minimum atomic E-state index is -0.685. The van der Waals surface area contributed by atoms with E-state index in [9.17, 15) is 19.5 Å². The van der Waals surface area contributed by atoms with Crippen LogP contribution >= 0.6 is 11.8 Å². The van der Waals surface area contributed by atoms with Crippen LogP contribution in [0.3, 0.4) is 0 Å². The summed E-state index contributed by atoms with van der Waals surface area (Å²) < 4.78 is 0. The van der Waals surface area contributed by atoms with Crippen molar-refractivity contribution < 1.29 is 19.5 Å². The number of rotatable bonds is 10. The van der Waals surface area contributed by atoms with E-state index in [-0.39, 0.29) is 43.8 Å². The van der Waals surface area contributed by atoms with Gasteiger partial charge in [-0.2, -0.15) is 11.8 Å². The van der Waals surface area contributed by atoms with Crippen LogP contribution in [0.1, 0.15) is 24.8 Å². The third-order valence-corrected chi connectivity index (χ3v) is 4.85. The topological polar surface area (TPSA) is 98.7 Å². The fourth-order valence-corrected chi connectivity index (χ4v) is 3.25. The number of carbonyl (C=O) groups is 3. The summed E-state index contributed by atoms with van der Waals surface area (Å²) in [4.78, 5) is 37.7. The number of urea groups is 1. The van der Waals surface area contributed by atoms with E-state index in [1.165, 1.54) is 4.90 Å². The molecule has 0 aliphatic carbocycles. The van der Waals surface area contributed by atoms with Crippen LogP contribution in [0.5, 0.6) is 0 Å². The van der Waals surface area contributed by atoms with Crippen LogP contribution in [-0.2, 0) is 16.1 Å². The Hall–Kier alpha value is -2.06. The lowest BCUT2D eigenvalue weighted by Gasteiger charge is -2.16. The van der Waals surface area contributed by atoms with Crippen LogP contribution in [0.2, 0.25) is 0 Å². The fourth-order valence-electron chi connectivity index (χ4n) is 2.73. The number of nitrogens with zero attached hydrogens (tertiary/aromatic N) is 1. The van der Waals surface area contributed by atoms with Crippen molar-refractivity contribution >= 4 is 29.6 Å². The van der Waals surface area contributed by atoms with Gasteiger partial charge in [0.25, 0.3) is 5.91 Å². The van der Waals surface area contributed by atoms with Crippen LogP contribution in [0, 0.1) is 0 Å². The minimum Gasteiger partial charge on any atom is -0.394 e. The Balaban J connectivity index is 1.82. The Morgan fingerprint density at radius 3 is 2.73 bits per heavy atom. The number of imide groups is 1. The number of carbonyl (C=O) groups excluding carboxylic acids is 3. The van der Waals surface area contributed by atoms with E-state index in [0.717, 1.165) is 11.3 Å².